The molecule has 1 aromatic heterocycles. The number of aromatic nitrogens is 2. The third-order valence-corrected chi connectivity index (χ3v) is 4.64. The van der Waals surface area contributed by atoms with Crippen LogP contribution in [-0.4, -0.2) is 73.0 Å². The van der Waals surface area contributed by atoms with Crippen LogP contribution in [0.5, 0.6) is 0 Å². The maximum absolute atomic E-state index is 5.44. The lowest BCUT2D eigenvalue weighted by Crippen LogP contribution is -2.56. The summed E-state index contributed by atoms with van der Waals surface area (Å²) in [6.07, 6.45) is 1.68. The number of halogens is 1. The first kappa shape index (κ1) is 24.1. The van der Waals surface area contributed by atoms with Crippen molar-refractivity contribution in [3.05, 3.63) is 11.7 Å². The fraction of sp³-hybridized carbons (Fsp3) is 0.833. The molecule has 0 unspecified atom stereocenters. The number of ether oxygens (including phenoxy) is 1. The molecule has 0 saturated carbocycles. The van der Waals surface area contributed by atoms with Crippen LogP contribution in [0.25, 0.3) is 0 Å². The summed E-state index contributed by atoms with van der Waals surface area (Å²) in [5.74, 6) is 2.59. The van der Waals surface area contributed by atoms with Gasteiger partial charge in [-0.3, -0.25) is 9.89 Å². The third-order valence-electron chi connectivity index (χ3n) is 4.64. The molecule has 1 saturated heterocycles. The first-order valence-corrected chi connectivity index (χ1v) is 9.52. The van der Waals surface area contributed by atoms with Crippen molar-refractivity contribution in [2.75, 3.05) is 46.4 Å². The van der Waals surface area contributed by atoms with Gasteiger partial charge in [0.25, 0.3) is 0 Å². The van der Waals surface area contributed by atoms with E-state index in [0.717, 1.165) is 64.0 Å². The molecule has 0 aliphatic carbocycles. The molecular weight excluding hydrogens is 459 g/mol. The highest BCUT2D eigenvalue weighted by molar-refractivity contribution is 14.0. The van der Waals surface area contributed by atoms with E-state index in [-0.39, 0.29) is 29.5 Å². The zero-order valence-corrected chi connectivity index (χ0v) is 19.6. The van der Waals surface area contributed by atoms with E-state index in [4.69, 9.17) is 9.26 Å². The van der Waals surface area contributed by atoms with Crippen molar-refractivity contribution < 1.29 is 9.26 Å². The molecule has 0 aromatic carbocycles. The van der Waals surface area contributed by atoms with E-state index in [9.17, 15) is 0 Å². The Morgan fingerprint density at radius 3 is 2.56 bits per heavy atom. The van der Waals surface area contributed by atoms with Gasteiger partial charge in [0.1, 0.15) is 0 Å². The van der Waals surface area contributed by atoms with E-state index in [0.29, 0.717) is 11.8 Å². The molecule has 0 radical (unpaired) electrons. The number of aliphatic imine (C=N–C) groups is 1. The zero-order valence-electron chi connectivity index (χ0n) is 17.2. The number of nitrogens with one attached hydrogen (secondary N) is 2. The van der Waals surface area contributed by atoms with Crippen LogP contribution in [0.1, 0.15) is 51.7 Å². The van der Waals surface area contributed by atoms with Gasteiger partial charge in [0, 0.05) is 51.1 Å². The topological polar surface area (TPSA) is 87.8 Å². The Balaban J connectivity index is 0.00000364. The molecule has 1 aliphatic rings. The van der Waals surface area contributed by atoms with Crippen LogP contribution in [-0.2, 0) is 11.2 Å². The molecule has 8 nitrogen and oxygen atoms in total. The van der Waals surface area contributed by atoms with Crippen LogP contribution < -0.4 is 10.6 Å². The van der Waals surface area contributed by atoms with Crippen LogP contribution in [0.2, 0.25) is 0 Å². The van der Waals surface area contributed by atoms with Gasteiger partial charge in [0.05, 0.1) is 13.2 Å². The molecule has 1 fully saturated rings. The van der Waals surface area contributed by atoms with Gasteiger partial charge in [0.15, 0.2) is 11.8 Å². The number of rotatable bonds is 8. The predicted octanol–water partition coefficient (Wildman–Crippen LogP) is 2.02. The SMILES string of the molecule is CN=C(NCCCc1nc(C(C)C)no1)NCC(C)(C)N1CCOCC1.I. The van der Waals surface area contributed by atoms with Crippen molar-refractivity contribution in [1.29, 1.82) is 0 Å². The van der Waals surface area contributed by atoms with Gasteiger partial charge in [-0.25, -0.2) is 0 Å². The normalized spacial score (nSPS) is 16.3. The van der Waals surface area contributed by atoms with Crippen LogP contribution in [0.15, 0.2) is 9.52 Å². The minimum absolute atomic E-state index is 0. The van der Waals surface area contributed by atoms with Gasteiger partial charge >= 0.3 is 0 Å². The second-order valence-corrected chi connectivity index (χ2v) is 7.57. The highest BCUT2D eigenvalue weighted by atomic mass is 127. The Morgan fingerprint density at radius 1 is 1.26 bits per heavy atom. The summed E-state index contributed by atoms with van der Waals surface area (Å²) in [5, 5.41) is 10.8. The minimum Gasteiger partial charge on any atom is -0.379 e. The third kappa shape index (κ3) is 7.90. The number of hydrogen-bond acceptors (Lipinski definition) is 6. The standard InChI is InChI=1S/C18H34N6O2.HI/c1-14(2)16-22-15(26-23-16)7-6-8-20-17(19-5)21-13-18(3,4)24-9-11-25-12-10-24;/h14H,6-13H2,1-5H3,(H2,19,20,21);1H. The number of hydrogen-bond donors (Lipinski definition) is 2. The molecule has 27 heavy (non-hydrogen) atoms. The summed E-state index contributed by atoms with van der Waals surface area (Å²) >= 11 is 0. The largest absolute Gasteiger partial charge is 0.379 e. The summed E-state index contributed by atoms with van der Waals surface area (Å²) in [6, 6.07) is 0. The van der Waals surface area contributed by atoms with E-state index in [1.165, 1.54) is 0 Å². The highest BCUT2D eigenvalue weighted by Gasteiger charge is 2.28. The van der Waals surface area contributed by atoms with Crippen molar-refractivity contribution >= 4 is 29.9 Å². The van der Waals surface area contributed by atoms with Crippen LogP contribution in [0.3, 0.4) is 0 Å². The Morgan fingerprint density at radius 2 is 1.96 bits per heavy atom. The van der Waals surface area contributed by atoms with Crippen LogP contribution >= 0.6 is 24.0 Å². The first-order chi connectivity index (χ1) is 12.4. The summed E-state index contributed by atoms with van der Waals surface area (Å²) in [5.41, 5.74) is 0.0540. The monoisotopic (exact) mass is 494 g/mol. The summed E-state index contributed by atoms with van der Waals surface area (Å²) < 4.78 is 10.7. The van der Waals surface area contributed by atoms with Crippen molar-refractivity contribution in [2.24, 2.45) is 4.99 Å². The van der Waals surface area contributed by atoms with E-state index in [2.05, 4.69) is 58.4 Å². The quantitative estimate of drug-likeness (QED) is 0.248. The number of aryl methyl sites for hydroxylation is 1. The van der Waals surface area contributed by atoms with E-state index in [1.807, 2.05) is 0 Å². The van der Waals surface area contributed by atoms with Crippen molar-refractivity contribution in [3.8, 4) is 0 Å². The molecule has 156 valence electrons. The lowest BCUT2D eigenvalue weighted by molar-refractivity contribution is -0.00833. The summed E-state index contributed by atoms with van der Waals surface area (Å²) in [4.78, 5) is 11.2. The Kier molecular flexibility index (Phi) is 10.5. The van der Waals surface area contributed by atoms with Crippen molar-refractivity contribution in [3.63, 3.8) is 0 Å². The molecule has 1 aliphatic heterocycles. The van der Waals surface area contributed by atoms with Gasteiger partial charge in [-0.05, 0) is 20.3 Å². The molecule has 0 amide bonds. The highest BCUT2D eigenvalue weighted by Crippen LogP contribution is 2.15. The van der Waals surface area contributed by atoms with Gasteiger partial charge in [-0.1, -0.05) is 19.0 Å². The molecule has 0 spiro atoms. The van der Waals surface area contributed by atoms with Gasteiger partial charge in [-0.2, -0.15) is 4.98 Å². The molecule has 2 N–H and O–H groups in total. The Bertz CT molecular complexity index is 570. The minimum atomic E-state index is 0. The molecular formula is C18H35IN6O2. The number of morpholine rings is 1. The van der Waals surface area contributed by atoms with Gasteiger partial charge in [0.2, 0.25) is 5.89 Å². The second kappa shape index (κ2) is 11.8. The predicted molar refractivity (Wildman–Crippen MR) is 118 cm³/mol. The molecule has 2 rings (SSSR count). The fourth-order valence-corrected chi connectivity index (χ4v) is 2.85. The Hall–Kier alpha value is -0.940. The fourth-order valence-electron chi connectivity index (χ4n) is 2.85. The first-order valence-electron chi connectivity index (χ1n) is 9.52. The summed E-state index contributed by atoms with van der Waals surface area (Å²) in [6.45, 7) is 13.8. The van der Waals surface area contributed by atoms with Gasteiger partial charge < -0.3 is 19.9 Å². The van der Waals surface area contributed by atoms with E-state index < -0.39 is 0 Å². The molecule has 0 bridgehead atoms. The van der Waals surface area contributed by atoms with Crippen LogP contribution in [0, 0.1) is 0 Å². The molecule has 0 atom stereocenters. The molecule has 9 heteroatoms. The van der Waals surface area contributed by atoms with Crippen LogP contribution in [0.4, 0.5) is 0 Å². The summed E-state index contributed by atoms with van der Waals surface area (Å²) in [7, 11) is 1.80. The molecule has 1 aromatic rings. The van der Waals surface area contributed by atoms with E-state index in [1.54, 1.807) is 7.05 Å². The van der Waals surface area contributed by atoms with Crippen molar-refractivity contribution in [2.45, 2.75) is 52.0 Å². The maximum Gasteiger partial charge on any atom is 0.226 e. The second-order valence-electron chi connectivity index (χ2n) is 7.57. The van der Waals surface area contributed by atoms with Gasteiger partial charge in [-0.15, -0.1) is 24.0 Å². The average Bonchev–Trinajstić information content (AvgIpc) is 3.11. The lowest BCUT2D eigenvalue weighted by Gasteiger charge is -2.41. The Labute approximate surface area is 179 Å². The van der Waals surface area contributed by atoms with E-state index >= 15 is 0 Å². The average molecular weight is 494 g/mol. The lowest BCUT2D eigenvalue weighted by atomic mass is 10.0. The number of guanidine groups is 1. The molecule has 2 heterocycles. The maximum atomic E-state index is 5.44. The number of nitrogens with zero attached hydrogens (tertiary/aromatic N) is 4. The zero-order chi connectivity index (χ0) is 19.0. The smallest absolute Gasteiger partial charge is 0.226 e. The van der Waals surface area contributed by atoms with Crippen molar-refractivity contribution in [1.82, 2.24) is 25.7 Å².